The molecule has 31 heavy (non-hydrogen) atoms. The van der Waals surface area contributed by atoms with Crippen molar-refractivity contribution in [3.8, 4) is 0 Å². The summed E-state index contributed by atoms with van der Waals surface area (Å²) in [6, 6.07) is 13.8. The molecule has 8 heteroatoms. The van der Waals surface area contributed by atoms with Gasteiger partial charge < -0.3 is 5.32 Å². The van der Waals surface area contributed by atoms with Crippen LogP contribution in [0.25, 0.3) is 11.0 Å². The molecule has 5 nitrogen and oxygen atoms in total. The number of nitrogens with zero attached hydrogens (tertiary/aromatic N) is 2. The number of anilines is 1. The predicted octanol–water partition coefficient (Wildman–Crippen LogP) is 4.42. The maximum atomic E-state index is 14.0. The zero-order valence-electron chi connectivity index (χ0n) is 16.3. The van der Waals surface area contributed by atoms with Crippen LogP contribution in [-0.2, 0) is 6.54 Å². The summed E-state index contributed by atoms with van der Waals surface area (Å²) >= 11 is 0. The Morgan fingerprint density at radius 2 is 1.77 bits per heavy atom. The highest BCUT2D eigenvalue weighted by atomic mass is 19.2. The lowest BCUT2D eigenvalue weighted by Gasteiger charge is -2.13. The Kier molecular flexibility index (Phi) is 5.29. The van der Waals surface area contributed by atoms with E-state index >= 15 is 0 Å². The number of carbonyl (C=O) groups is 1. The molecule has 0 saturated carbocycles. The zero-order valence-corrected chi connectivity index (χ0v) is 16.3. The van der Waals surface area contributed by atoms with Crippen LogP contribution >= 0.6 is 0 Å². The van der Waals surface area contributed by atoms with Crippen molar-refractivity contribution in [3.63, 3.8) is 0 Å². The van der Waals surface area contributed by atoms with Gasteiger partial charge in [0.05, 0.1) is 12.2 Å². The summed E-state index contributed by atoms with van der Waals surface area (Å²) < 4.78 is 42.0. The van der Waals surface area contributed by atoms with E-state index in [-0.39, 0.29) is 12.1 Å². The molecule has 156 valence electrons. The summed E-state index contributed by atoms with van der Waals surface area (Å²) in [4.78, 5) is 30.1. The Morgan fingerprint density at radius 3 is 2.52 bits per heavy atom. The van der Waals surface area contributed by atoms with E-state index in [0.717, 1.165) is 17.2 Å². The second-order valence-electron chi connectivity index (χ2n) is 7.03. The quantitative estimate of drug-likeness (QED) is 0.494. The maximum absolute atomic E-state index is 14.0. The number of halogens is 3. The van der Waals surface area contributed by atoms with Gasteiger partial charge in [0, 0.05) is 11.6 Å². The molecule has 4 rings (SSSR count). The van der Waals surface area contributed by atoms with Gasteiger partial charge in [-0.05, 0) is 42.8 Å². The van der Waals surface area contributed by atoms with Crippen LogP contribution in [0, 0.1) is 24.4 Å². The van der Waals surface area contributed by atoms with Crippen molar-refractivity contribution in [2.24, 2.45) is 0 Å². The van der Waals surface area contributed by atoms with Crippen LogP contribution in [0.5, 0.6) is 0 Å². The minimum atomic E-state index is -1.71. The summed E-state index contributed by atoms with van der Waals surface area (Å²) in [6.45, 7) is 2.10. The minimum absolute atomic E-state index is 0.160. The maximum Gasteiger partial charge on any atom is 0.265 e. The third kappa shape index (κ3) is 3.92. The minimum Gasteiger partial charge on any atom is -0.319 e. The molecule has 0 bridgehead atoms. The van der Waals surface area contributed by atoms with E-state index in [1.165, 1.54) is 16.8 Å². The van der Waals surface area contributed by atoms with Crippen LogP contribution in [-0.4, -0.2) is 15.5 Å². The van der Waals surface area contributed by atoms with Crippen LogP contribution in [0.1, 0.15) is 21.5 Å². The van der Waals surface area contributed by atoms with Crippen LogP contribution in [0.4, 0.5) is 18.9 Å². The van der Waals surface area contributed by atoms with Gasteiger partial charge in [0.15, 0.2) is 17.5 Å². The van der Waals surface area contributed by atoms with Crippen LogP contribution in [0.3, 0.4) is 0 Å². The molecule has 0 spiro atoms. The topological polar surface area (TPSA) is 64.0 Å². The van der Waals surface area contributed by atoms with Crippen molar-refractivity contribution in [1.82, 2.24) is 9.55 Å². The van der Waals surface area contributed by atoms with Crippen LogP contribution in [0.15, 0.2) is 65.6 Å². The molecule has 2 aromatic carbocycles. The van der Waals surface area contributed by atoms with Crippen molar-refractivity contribution < 1.29 is 18.0 Å². The molecule has 0 aliphatic rings. The smallest absolute Gasteiger partial charge is 0.265 e. The van der Waals surface area contributed by atoms with Gasteiger partial charge in [0.1, 0.15) is 11.2 Å². The number of hydrogen-bond acceptors (Lipinski definition) is 3. The Hall–Kier alpha value is -3.94. The van der Waals surface area contributed by atoms with Crippen LogP contribution in [0.2, 0.25) is 0 Å². The normalized spacial score (nSPS) is 11.0. The molecule has 1 N–H and O–H groups in total. The molecule has 0 aliphatic heterocycles. The first-order valence-electron chi connectivity index (χ1n) is 9.34. The first-order valence-corrected chi connectivity index (χ1v) is 9.34. The van der Waals surface area contributed by atoms with Crippen molar-refractivity contribution >= 4 is 22.6 Å². The molecule has 2 heterocycles. The third-order valence-electron chi connectivity index (χ3n) is 4.84. The van der Waals surface area contributed by atoms with E-state index in [1.54, 1.807) is 12.1 Å². The molecular weight excluding hydrogens is 407 g/mol. The molecule has 0 aliphatic carbocycles. The Morgan fingerprint density at radius 1 is 1.03 bits per heavy atom. The fraction of sp³-hybridized carbons (Fsp3) is 0.0870. The third-order valence-corrected chi connectivity index (χ3v) is 4.84. The van der Waals surface area contributed by atoms with E-state index in [4.69, 9.17) is 0 Å². The van der Waals surface area contributed by atoms with Gasteiger partial charge in [-0.2, -0.15) is 0 Å². The van der Waals surface area contributed by atoms with E-state index in [2.05, 4.69) is 10.3 Å². The Bertz CT molecular complexity index is 1370. The molecule has 1 amide bonds. The van der Waals surface area contributed by atoms with Crippen molar-refractivity contribution in [2.45, 2.75) is 13.5 Å². The van der Waals surface area contributed by atoms with Gasteiger partial charge in [0.2, 0.25) is 0 Å². The number of nitrogens with one attached hydrogen (secondary N) is 1. The molecule has 0 unspecified atom stereocenters. The second-order valence-corrected chi connectivity index (χ2v) is 7.03. The summed E-state index contributed by atoms with van der Waals surface area (Å²) in [5.74, 6) is -5.58. The Labute approximate surface area is 174 Å². The van der Waals surface area contributed by atoms with E-state index in [1.807, 2.05) is 31.2 Å². The van der Waals surface area contributed by atoms with Gasteiger partial charge in [0.25, 0.3) is 11.5 Å². The highest BCUT2D eigenvalue weighted by Gasteiger charge is 2.20. The second kappa shape index (κ2) is 8.06. The van der Waals surface area contributed by atoms with E-state index < -0.39 is 34.6 Å². The van der Waals surface area contributed by atoms with Crippen molar-refractivity contribution in [2.75, 3.05) is 5.32 Å². The molecule has 4 aromatic rings. The average Bonchev–Trinajstić information content (AvgIpc) is 2.77. The number of benzene rings is 2. The SMILES string of the molecule is Cc1ccc(Cn2c(=O)c(C(=O)Nc3ccc(F)c(F)c3F)cc3cccnc32)cc1. The lowest BCUT2D eigenvalue weighted by Crippen LogP contribution is -2.30. The fourth-order valence-electron chi connectivity index (χ4n) is 3.20. The lowest BCUT2D eigenvalue weighted by molar-refractivity contribution is 0.102. The van der Waals surface area contributed by atoms with Crippen molar-refractivity contribution in [3.05, 3.63) is 105 Å². The van der Waals surface area contributed by atoms with E-state index in [0.29, 0.717) is 17.1 Å². The van der Waals surface area contributed by atoms with Gasteiger partial charge in [-0.15, -0.1) is 0 Å². The molecule has 2 aromatic heterocycles. The van der Waals surface area contributed by atoms with Gasteiger partial charge in [-0.25, -0.2) is 18.2 Å². The van der Waals surface area contributed by atoms with Crippen molar-refractivity contribution in [1.29, 1.82) is 0 Å². The monoisotopic (exact) mass is 423 g/mol. The number of amides is 1. The van der Waals surface area contributed by atoms with E-state index in [9.17, 15) is 22.8 Å². The largest absolute Gasteiger partial charge is 0.319 e. The number of pyridine rings is 2. The highest BCUT2D eigenvalue weighted by Crippen LogP contribution is 2.21. The summed E-state index contributed by atoms with van der Waals surface area (Å²) in [7, 11) is 0. The molecule has 0 fully saturated rings. The van der Waals surface area contributed by atoms with Gasteiger partial charge >= 0.3 is 0 Å². The first-order chi connectivity index (χ1) is 14.8. The molecule has 0 saturated heterocycles. The van der Waals surface area contributed by atoms with Gasteiger partial charge in [-0.3, -0.25) is 14.2 Å². The number of carbonyl (C=O) groups excluding carboxylic acids is 1. The Balaban J connectivity index is 1.79. The fourth-order valence-corrected chi connectivity index (χ4v) is 3.20. The standard InChI is InChI=1S/C23H16F3N3O2/c1-13-4-6-14(7-5-13)12-29-21-15(3-2-10-27-21)11-16(23(29)31)22(30)28-18-9-8-17(24)19(25)20(18)26/h2-11H,12H2,1H3,(H,28,30). The predicted molar refractivity (Wildman–Crippen MR) is 111 cm³/mol. The molecule has 0 radical (unpaired) electrons. The van der Waals surface area contributed by atoms with Crippen LogP contribution < -0.4 is 10.9 Å². The summed E-state index contributed by atoms with van der Waals surface area (Å²) in [5.41, 5.74) is 0.761. The van der Waals surface area contributed by atoms with Gasteiger partial charge in [-0.1, -0.05) is 29.8 Å². The lowest BCUT2D eigenvalue weighted by atomic mass is 10.1. The summed E-state index contributed by atoms with van der Waals surface area (Å²) in [6.07, 6.45) is 1.53. The molecular formula is C23H16F3N3O2. The highest BCUT2D eigenvalue weighted by molar-refractivity contribution is 6.05. The number of aryl methyl sites for hydroxylation is 1. The number of aromatic nitrogens is 2. The number of rotatable bonds is 4. The number of hydrogen-bond donors (Lipinski definition) is 1. The number of fused-ring (bicyclic) bond motifs is 1. The average molecular weight is 423 g/mol. The first kappa shape index (κ1) is 20.3. The molecule has 0 atom stereocenters. The summed E-state index contributed by atoms with van der Waals surface area (Å²) in [5, 5.41) is 2.66. The zero-order chi connectivity index (χ0) is 22.1.